The maximum absolute atomic E-state index is 11.7. The number of hydrogen-bond donors (Lipinski definition) is 2. The van der Waals surface area contributed by atoms with Crippen LogP contribution in [-0.4, -0.2) is 43.6 Å². The van der Waals surface area contributed by atoms with Crippen LogP contribution < -0.4 is 10.6 Å². The van der Waals surface area contributed by atoms with E-state index in [-0.39, 0.29) is 12.5 Å². The van der Waals surface area contributed by atoms with Crippen molar-refractivity contribution in [2.24, 2.45) is 0 Å². The molecule has 8 heteroatoms. The van der Waals surface area contributed by atoms with E-state index in [1.807, 2.05) is 6.07 Å². The van der Waals surface area contributed by atoms with E-state index in [1.54, 1.807) is 18.2 Å². The van der Waals surface area contributed by atoms with E-state index in [1.165, 1.54) is 0 Å². The first kappa shape index (κ1) is 17.4. The highest BCUT2D eigenvalue weighted by atomic mass is 79.9. The molecule has 2 rings (SSSR count). The predicted octanol–water partition coefficient (Wildman–Crippen LogP) is 1.23. The lowest BCUT2D eigenvalue weighted by Crippen LogP contribution is -2.36. The van der Waals surface area contributed by atoms with Crippen LogP contribution in [0.15, 0.2) is 28.7 Å². The fourth-order valence-corrected chi connectivity index (χ4v) is 2.36. The molecule has 0 bridgehead atoms. The molecule has 0 spiro atoms. The Morgan fingerprint density at radius 2 is 2.04 bits per heavy atom. The largest absolute Gasteiger partial charge is 0.454 e. The second kappa shape index (κ2) is 8.64. The molecule has 23 heavy (non-hydrogen) atoms. The molecule has 1 heterocycles. The second-order valence-electron chi connectivity index (χ2n) is 4.91. The van der Waals surface area contributed by atoms with Crippen LogP contribution in [0, 0.1) is 0 Å². The Kier molecular flexibility index (Phi) is 6.54. The van der Waals surface area contributed by atoms with E-state index in [2.05, 4.69) is 26.6 Å². The topological polar surface area (TPSA) is 93.7 Å². The molecule has 1 saturated heterocycles. The summed E-state index contributed by atoms with van der Waals surface area (Å²) < 4.78 is 10.7. The number of carbonyl (C=O) groups excluding carboxylic acids is 3. The van der Waals surface area contributed by atoms with Crippen LogP contribution in [0.4, 0.5) is 5.69 Å². The van der Waals surface area contributed by atoms with Crippen LogP contribution in [0.3, 0.4) is 0 Å². The van der Waals surface area contributed by atoms with Crippen LogP contribution in [0.5, 0.6) is 0 Å². The van der Waals surface area contributed by atoms with Crippen LogP contribution in [0.1, 0.15) is 12.8 Å². The van der Waals surface area contributed by atoms with Gasteiger partial charge < -0.3 is 20.1 Å². The monoisotopic (exact) mass is 384 g/mol. The summed E-state index contributed by atoms with van der Waals surface area (Å²) in [5.74, 6) is -1.47. The second-order valence-corrected chi connectivity index (χ2v) is 5.77. The van der Waals surface area contributed by atoms with Crippen LogP contribution in [0.2, 0.25) is 0 Å². The third-order valence-corrected chi connectivity index (χ3v) is 3.82. The lowest BCUT2D eigenvalue weighted by molar-refractivity contribution is -0.157. The zero-order valence-electron chi connectivity index (χ0n) is 12.3. The number of ether oxygens (including phenoxy) is 2. The Morgan fingerprint density at radius 3 is 2.74 bits per heavy atom. The summed E-state index contributed by atoms with van der Waals surface area (Å²) in [5, 5.41) is 5.03. The SMILES string of the molecule is O=C(COC(=O)[C@H]1CCCO1)NCC(=O)Nc1ccccc1Br. The molecule has 7 nitrogen and oxygen atoms in total. The van der Waals surface area contributed by atoms with Gasteiger partial charge in [0.2, 0.25) is 5.91 Å². The van der Waals surface area contributed by atoms with Gasteiger partial charge >= 0.3 is 5.97 Å². The Hall–Kier alpha value is -1.93. The fourth-order valence-electron chi connectivity index (χ4n) is 1.98. The highest BCUT2D eigenvalue weighted by Gasteiger charge is 2.25. The van der Waals surface area contributed by atoms with E-state index in [0.717, 1.165) is 10.9 Å². The normalized spacial score (nSPS) is 16.7. The average molecular weight is 385 g/mol. The molecule has 0 radical (unpaired) electrons. The van der Waals surface area contributed by atoms with E-state index >= 15 is 0 Å². The quantitative estimate of drug-likeness (QED) is 0.719. The van der Waals surface area contributed by atoms with Gasteiger partial charge in [0.25, 0.3) is 5.91 Å². The highest BCUT2D eigenvalue weighted by molar-refractivity contribution is 9.10. The number of hydrogen-bond acceptors (Lipinski definition) is 5. The Balaban J connectivity index is 1.66. The predicted molar refractivity (Wildman–Crippen MR) is 85.7 cm³/mol. The molecule has 0 saturated carbocycles. The number of anilines is 1. The lowest BCUT2D eigenvalue weighted by atomic mass is 10.2. The standard InChI is InChI=1S/C15H17BrN2O5/c16-10-4-1-2-5-11(10)18-13(19)8-17-14(20)9-23-15(21)12-6-3-7-22-12/h1-2,4-5,12H,3,6-9H2,(H,17,20)(H,18,19)/t12-/m1/s1. The summed E-state index contributed by atoms with van der Waals surface area (Å²) >= 11 is 3.31. The minimum atomic E-state index is -0.582. The van der Waals surface area contributed by atoms with Crippen molar-refractivity contribution in [1.82, 2.24) is 5.32 Å². The third kappa shape index (κ3) is 5.65. The van der Waals surface area contributed by atoms with Gasteiger partial charge in [-0.1, -0.05) is 12.1 Å². The Labute approximate surface area is 141 Å². The zero-order chi connectivity index (χ0) is 16.7. The number of esters is 1. The number of halogens is 1. The molecule has 1 aromatic rings. The van der Waals surface area contributed by atoms with E-state index in [0.29, 0.717) is 18.7 Å². The Bertz CT molecular complexity index is 587. The maximum atomic E-state index is 11.7. The summed E-state index contributed by atoms with van der Waals surface area (Å²) in [6.45, 7) is -0.111. The Morgan fingerprint density at radius 1 is 1.26 bits per heavy atom. The zero-order valence-corrected chi connectivity index (χ0v) is 13.9. The molecule has 2 N–H and O–H groups in total. The smallest absolute Gasteiger partial charge is 0.335 e. The summed E-state index contributed by atoms with van der Waals surface area (Å²) in [5.41, 5.74) is 0.608. The molecule has 2 amide bonds. The van der Waals surface area contributed by atoms with Crippen molar-refractivity contribution >= 4 is 39.4 Å². The third-order valence-electron chi connectivity index (χ3n) is 3.13. The lowest BCUT2D eigenvalue weighted by Gasteiger charge is -2.10. The first-order valence-electron chi connectivity index (χ1n) is 7.15. The molecular weight excluding hydrogens is 368 g/mol. The van der Waals surface area contributed by atoms with Crippen molar-refractivity contribution in [3.63, 3.8) is 0 Å². The number of carbonyl (C=O) groups is 3. The summed E-state index contributed by atoms with van der Waals surface area (Å²) in [6.07, 6.45) is 0.831. The highest BCUT2D eigenvalue weighted by Crippen LogP contribution is 2.20. The number of amides is 2. The molecule has 1 fully saturated rings. The van der Waals surface area contributed by atoms with Gasteiger partial charge in [-0.3, -0.25) is 9.59 Å². The average Bonchev–Trinajstić information content (AvgIpc) is 3.07. The van der Waals surface area contributed by atoms with Gasteiger partial charge in [-0.15, -0.1) is 0 Å². The van der Waals surface area contributed by atoms with Crippen molar-refractivity contribution in [2.75, 3.05) is 25.1 Å². The number of nitrogens with one attached hydrogen (secondary N) is 2. The summed E-state index contributed by atoms with van der Waals surface area (Å²) in [4.78, 5) is 34.9. The molecule has 1 aliphatic heterocycles. The number of para-hydroxylation sites is 1. The van der Waals surface area contributed by atoms with E-state index in [9.17, 15) is 14.4 Å². The van der Waals surface area contributed by atoms with Crippen molar-refractivity contribution in [2.45, 2.75) is 18.9 Å². The van der Waals surface area contributed by atoms with Gasteiger partial charge in [0, 0.05) is 11.1 Å². The van der Waals surface area contributed by atoms with Gasteiger partial charge in [-0.25, -0.2) is 4.79 Å². The molecule has 1 aromatic carbocycles. The van der Waals surface area contributed by atoms with Crippen molar-refractivity contribution in [3.05, 3.63) is 28.7 Å². The van der Waals surface area contributed by atoms with E-state index < -0.39 is 24.6 Å². The van der Waals surface area contributed by atoms with Crippen LogP contribution in [0.25, 0.3) is 0 Å². The summed E-state index contributed by atoms with van der Waals surface area (Å²) in [6, 6.07) is 7.12. The first-order chi connectivity index (χ1) is 11.1. The van der Waals surface area contributed by atoms with Crippen LogP contribution >= 0.6 is 15.9 Å². The van der Waals surface area contributed by atoms with Gasteiger partial charge in [0.1, 0.15) is 0 Å². The molecule has 0 aliphatic carbocycles. The molecule has 124 valence electrons. The molecule has 1 atom stereocenters. The van der Waals surface area contributed by atoms with E-state index in [4.69, 9.17) is 9.47 Å². The van der Waals surface area contributed by atoms with Crippen LogP contribution in [-0.2, 0) is 23.9 Å². The summed E-state index contributed by atoms with van der Waals surface area (Å²) in [7, 11) is 0. The first-order valence-corrected chi connectivity index (χ1v) is 7.95. The number of benzene rings is 1. The minimum Gasteiger partial charge on any atom is -0.454 e. The van der Waals surface area contributed by atoms with Crippen molar-refractivity contribution < 1.29 is 23.9 Å². The fraction of sp³-hybridized carbons (Fsp3) is 0.400. The molecule has 0 aromatic heterocycles. The molecular formula is C15H17BrN2O5. The molecule has 0 unspecified atom stereocenters. The molecule has 1 aliphatic rings. The van der Waals surface area contributed by atoms with Crippen molar-refractivity contribution in [3.8, 4) is 0 Å². The maximum Gasteiger partial charge on any atom is 0.335 e. The minimum absolute atomic E-state index is 0.211. The van der Waals surface area contributed by atoms with Gasteiger partial charge in [-0.2, -0.15) is 0 Å². The van der Waals surface area contributed by atoms with Gasteiger partial charge in [0.15, 0.2) is 12.7 Å². The van der Waals surface area contributed by atoms with Gasteiger partial charge in [-0.05, 0) is 40.9 Å². The van der Waals surface area contributed by atoms with Crippen molar-refractivity contribution in [1.29, 1.82) is 0 Å². The van der Waals surface area contributed by atoms with Gasteiger partial charge in [0.05, 0.1) is 12.2 Å². The number of rotatable bonds is 6.